The van der Waals surface area contributed by atoms with E-state index in [1.807, 2.05) is 0 Å². The number of hydrogen-bond acceptors (Lipinski definition) is 9. The van der Waals surface area contributed by atoms with E-state index >= 15 is 0 Å². The Labute approximate surface area is 213 Å². The Kier molecular flexibility index (Phi) is 8.07. The molecule has 0 bridgehead atoms. The Balaban J connectivity index is 1.70. The average Bonchev–Trinajstić information content (AvgIpc) is 3.18. The SMILES string of the molecule is COC1(C(=O)O)N=Nc2cc(OCCN(CC(O)c3ccc(Cl)c(N)c3)C(=O)OC(C)(C)C)ccc21. The molecule has 3 rings (SSSR count). The number of hydrogen-bond donors (Lipinski definition) is 3. The minimum atomic E-state index is -1.89. The highest BCUT2D eigenvalue weighted by molar-refractivity contribution is 6.33. The summed E-state index contributed by atoms with van der Waals surface area (Å²) in [7, 11) is 1.24. The van der Waals surface area contributed by atoms with Gasteiger partial charge >= 0.3 is 17.8 Å². The standard InChI is InChI=1S/C24H29ClN4O7/c1-23(2,3)36-22(33)29(13-20(30)14-5-8-17(25)18(26)11-14)9-10-35-15-6-7-16-19(12-15)27-28-24(16,34-4)21(31)32/h5-8,11-12,20,30H,9-10,13,26H2,1-4H3,(H,31,32). The van der Waals surface area contributed by atoms with Crippen molar-refractivity contribution in [1.82, 2.24) is 4.90 Å². The number of ether oxygens (including phenoxy) is 3. The molecule has 0 spiro atoms. The number of halogens is 1. The molecule has 0 aliphatic carbocycles. The summed E-state index contributed by atoms with van der Waals surface area (Å²) in [6.07, 6.45) is -1.67. The van der Waals surface area contributed by atoms with E-state index in [4.69, 9.17) is 31.5 Å². The summed E-state index contributed by atoms with van der Waals surface area (Å²) >= 11 is 5.96. The van der Waals surface area contributed by atoms with E-state index in [0.29, 0.717) is 27.7 Å². The van der Waals surface area contributed by atoms with Crippen LogP contribution in [0.5, 0.6) is 5.75 Å². The summed E-state index contributed by atoms with van der Waals surface area (Å²) in [6, 6.07) is 9.37. The van der Waals surface area contributed by atoms with Gasteiger partial charge in [0, 0.05) is 18.7 Å². The van der Waals surface area contributed by atoms with Crippen LogP contribution >= 0.6 is 11.6 Å². The molecular weight excluding hydrogens is 492 g/mol. The lowest BCUT2D eigenvalue weighted by atomic mass is 10.0. The van der Waals surface area contributed by atoms with Crippen LogP contribution in [0.3, 0.4) is 0 Å². The molecule has 1 aliphatic heterocycles. The second-order valence-electron chi connectivity index (χ2n) is 9.10. The predicted molar refractivity (Wildman–Crippen MR) is 131 cm³/mol. The minimum absolute atomic E-state index is 0.0546. The molecule has 0 saturated carbocycles. The van der Waals surface area contributed by atoms with Crippen molar-refractivity contribution >= 4 is 35.0 Å². The molecule has 1 aliphatic rings. The van der Waals surface area contributed by atoms with Gasteiger partial charge in [-0.05, 0) is 50.6 Å². The van der Waals surface area contributed by atoms with Gasteiger partial charge in [0.1, 0.15) is 18.0 Å². The molecule has 12 heteroatoms. The second kappa shape index (κ2) is 10.7. The summed E-state index contributed by atoms with van der Waals surface area (Å²) in [5, 5.41) is 28.3. The van der Waals surface area contributed by atoms with E-state index in [0.717, 1.165) is 0 Å². The van der Waals surface area contributed by atoms with Crippen molar-refractivity contribution in [3.05, 3.63) is 52.5 Å². The van der Waals surface area contributed by atoms with Crippen molar-refractivity contribution in [3.63, 3.8) is 0 Å². The highest BCUT2D eigenvalue weighted by Gasteiger charge is 2.46. The lowest BCUT2D eigenvalue weighted by molar-refractivity contribution is -0.162. The number of nitrogens with two attached hydrogens (primary N) is 1. The normalized spacial score (nSPS) is 17.4. The highest BCUT2D eigenvalue weighted by atomic mass is 35.5. The van der Waals surface area contributed by atoms with Crippen LogP contribution in [0.25, 0.3) is 0 Å². The van der Waals surface area contributed by atoms with E-state index in [1.165, 1.54) is 24.1 Å². The van der Waals surface area contributed by atoms with Crippen molar-refractivity contribution < 1.29 is 34.0 Å². The van der Waals surface area contributed by atoms with Crippen LogP contribution in [0, 0.1) is 0 Å². The van der Waals surface area contributed by atoms with Crippen LogP contribution < -0.4 is 10.5 Å². The summed E-state index contributed by atoms with van der Waals surface area (Å²) in [4.78, 5) is 25.8. The number of fused-ring (bicyclic) bond motifs is 1. The molecule has 36 heavy (non-hydrogen) atoms. The van der Waals surface area contributed by atoms with Gasteiger partial charge in [-0.1, -0.05) is 17.7 Å². The van der Waals surface area contributed by atoms with E-state index in [1.54, 1.807) is 45.0 Å². The first-order valence-electron chi connectivity index (χ1n) is 11.1. The van der Waals surface area contributed by atoms with Gasteiger partial charge in [0.05, 0.1) is 35.6 Å². The highest BCUT2D eigenvalue weighted by Crippen LogP contribution is 2.43. The molecule has 2 aromatic carbocycles. The van der Waals surface area contributed by atoms with Gasteiger partial charge in [0.15, 0.2) is 0 Å². The van der Waals surface area contributed by atoms with Crippen LogP contribution in [-0.4, -0.2) is 59.6 Å². The zero-order chi connectivity index (χ0) is 26.7. The number of aliphatic hydroxyl groups is 1. The number of carboxylic acids is 1. The first-order chi connectivity index (χ1) is 16.9. The third kappa shape index (κ3) is 6.04. The van der Waals surface area contributed by atoms with Crippen LogP contribution in [0.4, 0.5) is 16.2 Å². The molecule has 11 nitrogen and oxygen atoms in total. The molecule has 194 valence electrons. The van der Waals surface area contributed by atoms with Crippen LogP contribution in [0.15, 0.2) is 46.6 Å². The summed E-state index contributed by atoms with van der Waals surface area (Å²) in [5.74, 6) is -0.893. The zero-order valence-corrected chi connectivity index (χ0v) is 21.2. The number of carbonyl (C=O) groups is 2. The monoisotopic (exact) mass is 520 g/mol. The van der Waals surface area contributed by atoms with Crippen molar-refractivity contribution in [2.45, 2.75) is 38.2 Å². The topological polar surface area (TPSA) is 156 Å². The Morgan fingerprint density at radius 1 is 1.22 bits per heavy atom. The van der Waals surface area contributed by atoms with Crippen LogP contribution in [0.2, 0.25) is 5.02 Å². The molecule has 0 fully saturated rings. The largest absolute Gasteiger partial charge is 0.492 e. The lowest BCUT2D eigenvalue weighted by Gasteiger charge is -2.29. The van der Waals surface area contributed by atoms with E-state index in [9.17, 15) is 19.8 Å². The van der Waals surface area contributed by atoms with Crippen molar-refractivity contribution in [1.29, 1.82) is 0 Å². The Hall–Kier alpha value is -3.41. The maximum atomic E-state index is 12.8. The van der Waals surface area contributed by atoms with Crippen molar-refractivity contribution in [2.75, 3.05) is 32.5 Å². The first kappa shape index (κ1) is 27.2. The number of aliphatic hydroxyl groups excluding tert-OH is 1. The van der Waals surface area contributed by atoms with E-state index in [2.05, 4.69) is 10.2 Å². The van der Waals surface area contributed by atoms with Gasteiger partial charge < -0.3 is 35.1 Å². The Bertz CT molecular complexity index is 1170. The summed E-state index contributed by atoms with van der Waals surface area (Å²) < 4.78 is 16.3. The first-order valence-corrected chi connectivity index (χ1v) is 11.4. The number of rotatable bonds is 9. The smallest absolute Gasteiger partial charge is 0.410 e. The second-order valence-corrected chi connectivity index (χ2v) is 9.51. The fourth-order valence-electron chi connectivity index (χ4n) is 3.49. The average molecular weight is 521 g/mol. The van der Waals surface area contributed by atoms with E-state index in [-0.39, 0.29) is 25.3 Å². The van der Waals surface area contributed by atoms with Crippen LogP contribution in [0.1, 0.15) is 38.0 Å². The Morgan fingerprint density at radius 3 is 2.56 bits per heavy atom. The summed E-state index contributed by atoms with van der Waals surface area (Å²) in [6.45, 7) is 5.29. The van der Waals surface area contributed by atoms with Gasteiger partial charge in [-0.15, -0.1) is 5.11 Å². The van der Waals surface area contributed by atoms with Gasteiger partial charge in [-0.2, -0.15) is 5.11 Å². The number of aliphatic carboxylic acids is 1. The van der Waals surface area contributed by atoms with Crippen molar-refractivity contribution in [2.24, 2.45) is 10.2 Å². The van der Waals surface area contributed by atoms with Crippen molar-refractivity contribution in [3.8, 4) is 5.75 Å². The van der Waals surface area contributed by atoms with Gasteiger partial charge in [0.25, 0.3) is 0 Å². The third-order valence-electron chi connectivity index (χ3n) is 5.30. The van der Waals surface area contributed by atoms with Crippen LogP contribution in [-0.2, 0) is 20.0 Å². The minimum Gasteiger partial charge on any atom is -0.492 e. The number of anilines is 1. The molecule has 0 radical (unpaired) electrons. The van der Waals surface area contributed by atoms with Gasteiger partial charge in [-0.25, -0.2) is 9.59 Å². The van der Waals surface area contributed by atoms with Gasteiger partial charge in [0.2, 0.25) is 0 Å². The quantitative estimate of drug-likeness (QED) is 0.414. The fourth-order valence-corrected chi connectivity index (χ4v) is 3.60. The number of azo groups is 1. The van der Waals surface area contributed by atoms with E-state index < -0.39 is 29.5 Å². The number of nitrogens with zero attached hydrogens (tertiary/aromatic N) is 3. The molecule has 1 amide bonds. The number of amides is 1. The fraction of sp³-hybridized carbons (Fsp3) is 0.417. The molecule has 1 heterocycles. The molecule has 2 atom stereocenters. The number of carboxylic acid groups (broad SMARTS) is 1. The number of methoxy groups -OCH3 is 1. The molecular formula is C24H29ClN4O7. The molecule has 2 aromatic rings. The lowest BCUT2D eigenvalue weighted by Crippen LogP contribution is -2.41. The maximum Gasteiger partial charge on any atom is 0.410 e. The zero-order valence-electron chi connectivity index (χ0n) is 20.4. The van der Waals surface area contributed by atoms with Gasteiger partial charge in [-0.3, -0.25) is 0 Å². The third-order valence-corrected chi connectivity index (χ3v) is 5.64. The predicted octanol–water partition coefficient (Wildman–Crippen LogP) is 4.25. The Morgan fingerprint density at radius 2 is 1.94 bits per heavy atom. The number of benzene rings is 2. The number of nitrogen functional groups attached to an aromatic ring is 1. The molecule has 0 aromatic heterocycles. The maximum absolute atomic E-state index is 12.8. The molecule has 0 saturated heterocycles. The molecule has 2 unspecified atom stereocenters. The number of carbonyl (C=O) groups excluding carboxylic acids is 1. The molecule has 4 N–H and O–H groups in total. The summed E-state index contributed by atoms with van der Waals surface area (Å²) in [5.41, 5.74) is 4.60.